The van der Waals surface area contributed by atoms with Crippen LogP contribution in [-0.2, 0) is 0 Å². The van der Waals surface area contributed by atoms with Gasteiger partial charge < -0.3 is 5.11 Å². The number of rotatable bonds is 2. The highest BCUT2D eigenvalue weighted by Crippen LogP contribution is 2.18. The largest absolute Gasteiger partial charge is 0.387 e. The van der Waals surface area contributed by atoms with Gasteiger partial charge in [-0.05, 0) is 25.1 Å². The van der Waals surface area contributed by atoms with Gasteiger partial charge in [0.1, 0.15) is 0 Å². The smallest absolute Gasteiger partial charge is 0.0949 e. The zero-order valence-electron chi connectivity index (χ0n) is 8.13. The van der Waals surface area contributed by atoms with Gasteiger partial charge in [0, 0.05) is 4.47 Å². The van der Waals surface area contributed by atoms with Crippen molar-refractivity contribution in [3.63, 3.8) is 0 Å². The molecule has 0 saturated carbocycles. The van der Waals surface area contributed by atoms with Crippen LogP contribution in [-0.4, -0.2) is 20.1 Å². The van der Waals surface area contributed by atoms with E-state index in [-0.39, 0.29) is 0 Å². The number of benzene rings is 1. The van der Waals surface area contributed by atoms with Crippen LogP contribution in [0.15, 0.2) is 34.9 Å². The second-order valence-corrected chi connectivity index (χ2v) is 4.14. The van der Waals surface area contributed by atoms with Crippen LogP contribution in [0.5, 0.6) is 0 Å². The fraction of sp³-hybridized carbons (Fsp3) is 0.200. The standard InChI is InChI=1S/C10H10BrN3O/c1-7(15)10-6-12-13-14(10)9-4-2-3-8(11)5-9/h2-7,15H,1H3. The predicted octanol–water partition coefficient (Wildman–Crippen LogP) is 2.08. The van der Waals surface area contributed by atoms with Gasteiger partial charge in [-0.3, -0.25) is 0 Å². The van der Waals surface area contributed by atoms with Gasteiger partial charge in [-0.1, -0.05) is 27.2 Å². The van der Waals surface area contributed by atoms with Gasteiger partial charge in [-0.15, -0.1) is 5.10 Å². The third-order valence-corrected chi connectivity index (χ3v) is 2.55. The van der Waals surface area contributed by atoms with Gasteiger partial charge in [-0.25, -0.2) is 4.68 Å². The molecule has 0 radical (unpaired) electrons. The van der Waals surface area contributed by atoms with Crippen molar-refractivity contribution in [2.75, 3.05) is 0 Å². The van der Waals surface area contributed by atoms with Gasteiger partial charge in [-0.2, -0.15) is 0 Å². The lowest BCUT2D eigenvalue weighted by atomic mass is 10.2. The minimum Gasteiger partial charge on any atom is -0.387 e. The molecule has 2 rings (SSSR count). The van der Waals surface area contributed by atoms with Crippen molar-refractivity contribution in [3.8, 4) is 5.69 Å². The van der Waals surface area contributed by atoms with Crippen LogP contribution >= 0.6 is 15.9 Å². The Morgan fingerprint density at radius 2 is 2.27 bits per heavy atom. The molecule has 1 unspecified atom stereocenters. The monoisotopic (exact) mass is 267 g/mol. The van der Waals surface area contributed by atoms with Gasteiger partial charge in [0.05, 0.1) is 23.7 Å². The molecule has 0 spiro atoms. The average Bonchev–Trinajstić information content (AvgIpc) is 2.65. The zero-order chi connectivity index (χ0) is 10.8. The quantitative estimate of drug-likeness (QED) is 0.907. The van der Waals surface area contributed by atoms with Crippen LogP contribution in [0.2, 0.25) is 0 Å². The highest BCUT2D eigenvalue weighted by atomic mass is 79.9. The molecule has 1 aromatic carbocycles. The number of aromatic nitrogens is 3. The normalized spacial score (nSPS) is 12.7. The highest BCUT2D eigenvalue weighted by Gasteiger charge is 2.10. The summed E-state index contributed by atoms with van der Waals surface area (Å²) in [6.07, 6.45) is 0.977. The topological polar surface area (TPSA) is 50.9 Å². The summed E-state index contributed by atoms with van der Waals surface area (Å²) in [6.45, 7) is 1.69. The van der Waals surface area contributed by atoms with Crippen molar-refractivity contribution >= 4 is 15.9 Å². The Kier molecular flexibility index (Phi) is 2.83. The van der Waals surface area contributed by atoms with Crippen molar-refractivity contribution in [1.82, 2.24) is 15.0 Å². The van der Waals surface area contributed by atoms with Gasteiger partial charge in [0.2, 0.25) is 0 Å². The summed E-state index contributed by atoms with van der Waals surface area (Å²) < 4.78 is 2.59. The van der Waals surface area contributed by atoms with Crippen LogP contribution in [0, 0.1) is 0 Å². The van der Waals surface area contributed by atoms with E-state index in [1.165, 1.54) is 0 Å². The van der Waals surface area contributed by atoms with E-state index in [9.17, 15) is 5.11 Å². The number of nitrogens with zero attached hydrogens (tertiary/aromatic N) is 3. The first kappa shape index (κ1) is 10.3. The molecule has 0 bridgehead atoms. The molecule has 15 heavy (non-hydrogen) atoms. The van der Waals surface area contributed by atoms with E-state index < -0.39 is 6.10 Å². The number of hydrogen-bond donors (Lipinski definition) is 1. The minimum atomic E-state index is -0.584. The SMILES string of the molecule is CC(O)c1cnnn1-c1cccc(Br)c1. The van der Waals surface area contributed by atoms with Crippen molar-refractivity contribution in [2.45, 2.75) is 13.0 Å². The number of halogens is 1. The minimum absolute atomic E-state index is 0.584. The summed E-state index contributed by atoms with van der Waals surface area (Å²) in [7, 11) is 0. The fourth-order valence-electron chi connectivity index (χ4n) is 1.34. The maximum absolute atomic E-state index is 9.51. The molecule has 4 nitrogen and oxygen atoms in total. The summed E-state index contributed by atoms with van der Waals surface area (Å²) in [5.74, 6) is 0. The second kappa shape index (κ2) is 4.12. The lowest BCUT2D eigenvalue weighted by molar-refractivity contribution is 0.191. The van der Waals surface area contributed by atoms with E-state index in [2.05, 4.69) is 26.2 Å². The molecule has 1 aromatic heterocycles. The van der Waals surface area contributed by atoms with Crippen molar-refractivity contribution in [2.24, 2.45) is 0 Å². The van der Waals surface area contributed by atoms with E-state index in [1.807, 2.05) is 24.3 Å². The predicted molar refractivity (Wildman–Crippen MR) is 59.7 cm³/mol. The molecule has 0 fully saturated rings. The molecule has 1 heterocycles. The van der Waals surface area contributed by atoms with Crippen LogP contribution in [0.25, 0.3) is 5.69 Å². The maximum Gasteiger partial charge on any atom is 0.0949 e. The third kappa shape index (κ3) is 2.08. The number of aliphatic hydroxyl groups is 1. The molecule has 0 aliphatic carbocycles. The Morgan fingerprint density at radius 3 is 2.93 bits per heavy atom. The average molecular weight is 268 g/mol. The summed E-state index contributed by atoms with van der Waals surface area (Å²) in [5.41, 5.74) is 1.55. The zero-order valence-corrected chi connectivity index (χ0v) is 9.72. The lowest BCUT2D eigenvalue weighted by Crippen LogP contribution is -2.04. The molecule has 0 saturated heterocycles. The van der Waals surface area contributed by atoms with Crippen LogP contribution in [0.3, 0.4) is 0 Å². The Morgan fingerprint density at radius 1 is 1.47 bits per heavy atom. The van der Waals surface area contributed by atoms with E-state index >= 15 is 0 Å². The van der Waals surface area contributed by atoms with Crippen LogP contribution < -0.4 is 0 Å². The van der Waals surface area contributed by atoms with Crippen molar-refractivity contribution < 1.29 is 5.11 Å². The first-order valence-corrected chi connectivity index (χ1v) is 5.32. The van der Waals surface area contributed by atoms with Crippen LogP contribution in [0.1, 0.15) is 18.7 Å². The molecule has 5 heteroatoms. The Bertz CT molecular complexity index is 467. The lowest BCUT2D eigenvalue weighted by Gasteiger charge is -2.07. The highest BCUT2D eigenvalue weighted by molar-refractivity contribution is 9.10. The number of aliphatic hydroxyl groups excluding tert-OH is 1. The molecule has 0 aliphatic heterocycles. The Balaban J connectivity index is 2.49. The first-order valence-electron chi connectivity index (χ1n) is 4.53. The maximum atomic E-state index is 9.51. The summed E-state index contributed by atoms with van der Waals surface area (Å²) in [4.78, 5) is 0. The molecule has 78 valence electrons. The molecule has 0 aliphatic rings. The molecule has 1 atom stereocenters. The fourth-order valence-corrected chi connectivity index (χ4v) is 1.72. The molecular weight excluding hydrogens is 258 g/mol. The Labute approximate surface area is 95.7 Å². The molecular formula is C10H10BrN3O. The first-order chi connectivity index (χ1) is 7.18. The van der Waals surface area contributed by atoms with E-state index in [0.29, 0.717) is 5.69 Å². The second-order valence-electron chi connectivity index (χ2n) is 3.23. The Hall–Kier alpha value is -1.20. The number of hydrogen-bond acceptors (Lipinski definition) is 3. The van der Waals surface area contributed by atoms with Gasteiger partial charge in [0.15, 0.2) is 0 Å². The molecule has 0 amide bonds. The van der Waals surface area contributed by atoms with E-state index in [1.54, 1.807) is 17.8 Å². The molecule has 2 aromatic rings. The summed E-state index contributed by atoms with van der Waals surface area (Å²) in [6, 6.07) is 7.67. The van der Waals surface area contributed by atoms with E-state index in [0.717, 1.165) is 10.2 Å². The third-order valence-electron chi connectivity index (χ3n) is 2.06. The van der Waals surface area contributed by atoms with Crippen molar-refractivity contribution in [1.29, 1.82) is 0 Å². The van der Waals surface area contributed by atoms with E-state index in [4.69, 9.17) is 0 Å². The van der Waals surface area contributed by atoms with Gasteiger partial charge >= 0.3 is 0 Å². The summed E-state index contributed by atoms with van der Waals surface area (Å²) >= 11 is 3.39. The van der Waals surface area contributed by atoms with Crippen molar-refractivity contribution in [3.05, 3.63) is 40.6 Å². The summed E-state index contributed by atoms with van der Waals surface area (Å²) in [5, 5.41) is 17.2. The van der Waals surface area contributed by atoms with Gasteiger partial charge in [0.25, 0.3) is 0 Å². The molecule has 1 N–H and O–H groups in total. The van der Waals surface area contributed by atoms with Crippen LogP contribution in [0.4, 0.5) is 0 Å².